The van der Waals surface area contributed by atoms with Crippen LogP contribution >= 0.6 is 11.8 Å². The summed E-state index contributed by atoms with van der Waals surface area (Å²) in [6.45, 7) is 5.72. The van der Waals surface area contributed by atoms with Crippen LogP contribution in [0.5, 0.6) is 11.5 Å². The molecule has 2 aliphatic heterocycles. The lowest BCUT2D eigenvalue weighted by Crippen LogP contribution is -2.34. The average molecular weight is 508 g/mol. The zero-order chi connectivity index (χ0) is 25.7. The van der Waals surface area contributed by atoms with Crippen molar-refractivity contribution in [3.63, 3.8) is 0 Å². The third-order valence-electron chi connectivity index (χ3n) is 5.85. The second kappa shape index (κ2) is 11.3. The summed E-state index contributed by atoms with van der Waals surface area (Å²) in [7, 11) is 1.54. The van der Waals surface area contributed by atoms with Gasteiger partial charge in [-0.25, -0.2) is 9.79 Å². The van der Waals surface area contributed by atoms with Gasteiger partial charge in [0.1, 0.15) is 0 Å². The Kier molecular flexibility index (Phi) is 8.00. The number of carbonyl (C=O) groups is 2. The number of methoxy groups -OCH3 is 1. The number of hydrogen-bond acceptors (Lipinski definition) is 8. The Labute approximate surface area is 215 Å². The van der Waals surface area contributed by atoms with Gasteiger partial charge in [-0.1, -0.05) is 43.0 Å². The van der Waals surface area contributed by atoms with Crippen LogP contribution in [0.15, 0.2) is 70.3 Å². The first-order valence-corrected chi connectivity index (χ1v) is 12.6. The lowest BCUT2D eigenvalue weighted by Gasteiger charge is -2.33. The van der Waals surface area contributed by atoms with Gasteiger partial charge in [-0.15, -0.1) is 0 Å². The minimum absolute atomic E-state index is 0.174. The number of rotatable bonds is 9. The van der Waals surface area contributed by atoms with Crippen molar-refractivity contribution in [2.75, 3.05) is 25.6 Å². The molecule has 0 aliphatic carbocycles. The van der Waals surface area contributed by atoms with Crippen molar-refractivity contribution in [3.8, 4) is 11.5 Å². The van der Waals surface area contributed by atoms with Gasteiger partial charge in [0.25, 0.3) is 5.91 Å². The molecule has 4 rings (SSSR count). The molecule has 0 spiro atoms. The monoisotopic (exact) mass is 507 g/mol. The molecule has 9 heteroatoms. The number of hydrogen-bond donors (Lipinski definition) is 1. The predicted octanol–water partition coefficient (Wildman–Crippen LogP) is 5.04. The quantitative estimate of drug-likeness (QED) is 0.476. The van der Waals surface area contributed by atoms with E-state index < -0.39 is 12.0 Å². The SMILES string of the molecule is CCOC(=O)C1=C(C)N=C2SC=CN2[C@H]1c1ccc(OCC(=O)Nc2ccccc2CC)c(OC)c1. The van der Waals surface area contributed by atoms with Gasteiger partial charge in [0, 0.05) is 11.9 Å². The number of fused-ring (bicyclic) bond motifs is 1. The third kappa shape index (κ3) is 5.26. The summed E-state index contributed by atoms with van der Waals surface area (Å²) >= 11 is 1.49. The number of allylic oxidation sites excluding steroid dienone is 1. The van der Waals surface area contributed by atoms with Gasteiger partial charge in [-0.2, -0.15) is 0 Å². The van der Waals surface area contributed by atoms with E-state index in [1.165, 1.54) is 18.9 Å². The highest BCUT2D eigenvalue weighted by atomic mass is 32.2. The fourth-order valence-electron chi connectivity index (χ4n) is 4.15. The summed E-state index contributed by atoms with van der Waals surface area (Å²) in [5.74, 6) is 0.207. The minimum Gasteiger partial charge on any atom is -0.493 e. The second-order valence-electron chi connectivity index (χ2n) is 8.08. The van der Waals surface area contributed by atoms with Crippen LogP contribution in [-0.2, 0) is 20.7 Å². The number of benzene rings is 2. The van der Waals surface area contributed by atoms with Crippen LogP contribution in [0, 0.1) is 0 Å². The van der Waals surface area contributed by atoms with Gasteiger partial charge < -0.3 is 24.4 Å². The number of ether oxygens (including phenoxy) is 3. The van der Waals surface area contributed by atoms with Crippen molar-refractivity contribution in [1.29, 1.82) is 0 Å². The fraction of sp³-hybridized carbons (Fsp3) is 0.296. The minimum atomic E-state index is -0.431. The highest BCUT2D eigenvalue weighted by molar-refractivity contribution is 8.16. The number of carbonyl (C=O) groups excluding carboxylic acids is 2. The highest BCUT2D eigenvalue weighted by Gasteiger charge is 2.37. The van der Waals surface area contributed by atoms with Gasteiger partial charge in [0.15, 0.2) is 23.3 Å². The molecule has 1 N–H and O–H groups in total. The Morgan fingerprint density at radius 3 is 2.69 bits per heavy atom. The Bertz CT molecular complexity index is 1250. The van der Waals surface area contributed by atoms with Gasteiger partial charge in [-0.3, -0.25) is 4.79 Å². The fourth-order valence-corrected chi connectivity index (χ4v) is 4.94. The lowest BCUT2D eigenvalue weighted by atomic mass is 9.94. The molecular weight excluding hydrogens is 478 g/mol. The zero-order valence-electron chi connectivity index (χ0n) is 20.7. The number of nitrogens with zero attached hydrogens (tertiary/aromatic N) is 2. The van der Waals surface area contributed by atoms with E-state index in [0.717, 1.165) is 28.4 Å². The number of thioether (sulfide) groups is 1. The molecule has 0 unspecified atom stereocenters. The van der Waals surface area contributed by atoms with Crippen LogP contribution in [-0.4, -0.2) is 42.3 Å². The first-order chi connectivity index (χ1) is 17.5. The van der Waals surface area contributed by atoms with Gasteiger partial charge >= 0.3 is 5.97 Å². The third-order valence-corrected chi connectivity index (χ3v) is 6.62. The lowest BCUT2D eigenvalue weighted by molar-refractivity contribution is -0.139. The van der Waals surface area contributed by atoms with Gasteiger partial charge in [0.05, 0.1) is 31.0 Å². The highest BCUT2D eigenvalue weighted by Crippen LogP contribution is 2.43. The second-order valence-corrected chi connectivity index (χ2v) is 8.96. The molecule has 188 valence electrons. The Morgan fingerprint density at radius 1 is 1.14 bits per heavy atom. The Morgan fingerprint density at radius 2 is 1.94 bits per heavy atom. The van der Waals surface area contributed by atoms with Crippen molar-refractivity contribution >= 4 is 34.5 Å². The van der Waals surface area contributed by atoms with Crippen LogP contribution < -0.4 is 14.8 Å². The molecular formula is C27H29N3O5S. The maximum absolute atomic E-state index is 12.9. The molecule has 1 amide bonds. The summed E-state index contributed by atoms with van der Waals surface area (Å²) in [6.07, 6.45) is 2.71. The maximum Gasteiger partial charge on any atom is 0.338 e. The molecule has 0 radical (unpaired) electrons. The summed E-state index contributed by atoms with van der Waals surface area (Å²) in [4.78, 5) is 31.9. The van der Waals surface area contributed by atoms with Crippen molar-refractivity contribution in [2.24, 2.45) is 4.99 Å². The predicted molar refractivity (Wildman–Crippen MR) is 141 cm³/mol. The molecule has 8 nitrogen and oxygen atoms in total. The molecule has 2 heterocycles. The van der Waals surface area contributed by atoms with Crippen molar-refractivity contribution in [1.82, 2.24) is 4.90 Å². The summed E-state index contributed by atoms with van der Waals surface area (Å²) in [5, 5.41) is 5.61. The number of anilines is 1. The number of para-hydroxylation sites is 1. The molecule has 0 saturated heterocycles. The standard InChI is InChI=1S/C27H29N3O5S/c1-5-18-9-7-8-10-20(18)29-23(31)16-35-21-12-11-19(15-22(21)33-4)25-24(26(32)34-6-2)17(3)28-27-30(25)13-14-36-27/h7-15,25H,5-6,16H2,1-4H3,(H,29,31)/t25-/m0/s1. The van der Waals surface area contributed by atoms with E-state index in [4.69, 9.17) is 14.2 Å². The molecule has 2 aromatic carbocycles. The van der Waals surface area contributed by atoms with Crippen LogP contribution in [0.25, 0.3) is 0 Å². The van der Waals surface area contributed by atoms with Gasteiger partial charge in [-0.05, 0) is 55.0 Å². The van der Waals surface area contributed by atoms with Crippen LogP contribution in [0.3, 0.4) is 0 Å². The smallest absolute Gasteiger partial charge is 0.338 e. The number of aryl methyl sites for hydroxylation is 1. The van der Waals surface area contributed by atoms with Crippen LogP contribution in [0.1, 0.15) is 37.9 Å². The number of esters is 1. The zero-order valence-corrected chi connectivity index (χ0v) is 21.6. The Balaban J connectivity index is 1.55. The Hall–Kier alpha value is -3.72. The summed E-state index contributed by atoms with van der Waals surface area (Å²) in [5.41, 5.74) is 3.72. The van der Waals surface area contributed by atoms with Crippen LogP contribution in [0.2, 0.25) is 0 Å². The first-order valence-electron chi connectivity index (χ1n) is 11.7. The summed E-state index contributed by atoms with van der Waals surface area (Å²) < 4.78 is 16.7. The van der Waals surface area contributed by atoms with E-state index >= 15 is 0 Å². The van der Waals surface area contributed by atoms with E-state index in [0.29, 0.717) is 22.8 Å². The average Bonchev–Trinajstić information content (AvgIpc) is 3.35. The topological polar surface area (TPSA) is 89.5 Å². The maximum atomic E-state index is 12.9. The molecule has 2 aliphatic rings. The number of nitrogens with one attached hydrogen (secondary N) is 1. The van der Waals surface area contributed by atoms with E-state index in [1.807, 2.05) is 66.8 Å². The largest absolute Gasteiger partial charge is 0.493 e. The summed E-state index contributed by atoms with van der Waals surface area (Å²) in [6, 6.07) is 12.7. The van der Waals surface area contributed by atoms with Crippen molar-refractivity contribution < 1.29 is 23.8 Å². The van der Waals surface area contributed by atoms with Crippen molar-refractivity contribution in [2.45, 2.75) is 33.2 Å². The molecule has 0 bridgehead atoms. The molecule has 36 heavy (non-hydrogen) atoms. The first kappa shape index (κ1) is 25.4. The number of aliphatic imine (C=N–C) groups is 1. The van der Waals surface area contributed by atoms with Gasteiger partial charge in [0.2, 0.25) is 0 Å². The molecule has 1 atom stereocenters. The molecule has 2 aromatic rings. The number of amides is 1. The molecule has 0 saturated carbocycles. The van der Waals surface area contributed by atoms with E-state index in [1.54, 1.807) is 13.0 Å². The van der Waals surface area contributed by atoms with Crippen molar-refractivity contribution in [3.05, 3.63) is 76.5 Å². The van der Waals surface area contributed by atoms with Crippen LogP contribution in [0.4, 0.5) is 5.69 Å². The number of amidine groups is 1. The normalized spacial score (nSPS) is 16.4. The van der Waals surface area contributed by atoms with E-state index in [-0.39, 0.29) is 19.1 Å². The molecule has 0 fully saturated rings. The molecule has 0 aromatic heterocycles. The van der Waals surface area contributed by atoms with E-state index in [9.17, 15) is 9.59 Å². The van der Waals surface area contributed by atoms with E-state index in [2.05, 4.69) is 10.3 Å².